The molecular formula is C11H15N5O. The number of hydrogen-bond acceptors (Lipinski definition) is 5. The van der Waals surface area contributed by atoms with E-state index in [2.05, 4.69) is 21.9 Å². The van der Waals surface area contributed by atoms with Crippen molar-refractivity contribution in [3.8, 4) is 0 Å². The number of fused-ring (bicyclic) bond motifs is 1. The molecule has 0 radical (unpaired) electrons. The van der Waals surface area contributed by atoms with Crippen LogP contribution in [0.1, 0.15) is 13.3 Å². The van der Waals surface area contributed by atoms with E-state index in [9.17, 15) is 5.11 Å². The van der Waals surface area contributed by atoms with E-state index in [-0.39, 0.29) is 12.0 Å². The van der Waals surface area contributed by atoms with Crippen LogP contribution in [0.15, 0.2) is 12.7 Å². The number of imidazole rings is 1. The van der Waals surface area contributed by atoms with Gasteiger partial charge in [-0.3, -0.25) is 0 Å². The Hall–Kier alpha value is -1.69. The number of hydrogen-bond donors (Lipinski definition) is 2. The van der Waals surface area contributed by atoms with Crippen LogP contribution in [-0.2, 0) is 6.54 Å². The molecule has 0 saturated heterocycles. The number of nitrogens with two attached hydrogens (primary N) is 1. The van der Waals surface area contributed by atoms with E-state index < -0.39 is 0 Å². The van der Waals surface area contributed by atoms with Crippen LogP contribution in [0, 0.1) is 11.3 Å². The molecule has 6 heteroatoms. The van der Waals surface area contributed by atoms with E-state index in [1.165, 1.54) is 6.33 Å². The highest BCUT2D eigenvalue weighted by molar-refractivity contribution is 5.81. The maximum absolute atomic E-state index is 9.25. The van der Waals surface area contributed by atoms with Crippen molar-refractivity contribution in [3.63, 3.8) is 0 Å². The average Bonchev–Trinajstić information content (AvgIpc) is 2.78. The van der Waals surface area contributed by atoms with Gasteiger partial charge in [0.25, 0.3) is 0 Å². The molecule has 0 unspecified atom stereocenters. The number of nitrogens with zero attached hydrogens (tertiary/aromatic N) is 4. The van der Waals surface area contributed by atoms with Crippen molar-refractivity contribution in [3.05, 3.63) is 12.7 Å². The van der Waals surface area contributed by atoms with E-state index in [1.807, 2.05) is 4.57 Å². The van der Waals surface area contributed by atoms with Crippen molar-refractivity contribution in [2.24, 2.45) is 11.3 Å². The van der Waals surface area contributed by atoms with Crippen molar-refractivity contribution in [2.75, 3.05) is 12.3 Å². The zero-order chi connectivity index (χ0) is 12.0. The molecule has 0 aromatic carbocycles. The summed E-state index contributed by atoms with van der Waals surface area (Å²) in [5, 5.41) is 9.25. The molecule has 90 valence electrons. The van der Waals surface area contributed by atoms with Gasteiger partial charge in [0.15, 0.2) is 11.5 Å². The number of rotatable bonds is 3. The molecule has 2 atom stereocenters. The van der Waals surface area contributed by atoms with Crippen molar-refractivity contribution >= 4 is 17.0 Å². The van der Waals surface area contributed by atoms with Gasteiger partial charge in [-0.1, -0.05) is 6.92 Å². The predicted octanol–water partition coefficient (Wildman–Crippen LogP) is 0.427. The van der Waals surface area contributed by atoms with Gasteiger partial charge in [-0.2, -0.15) is 0 Å². The van der Waals surface area contributed by atoms with Crippen LogP contribution in [0.4, 0.5) is 5.82 Å². The first kappa shape index (κ1) is 10.5. The minimum Gasteiger partial charge on any atom is -0.396 e. The Morgan fingerprint density at radius 2 is 2.35 bits per heavy atom. The van der Waals surface area contributed by atoms with Gasteiger partial charge >= 0.3 is 0 Å². The second kappa shape index (κ2) is 3.40. The Labute approximate surface area is 98.5 Å². The summed E-state index contributed by atoms with van der Waals surface area (Å²) in [6, 6.07) is 0. The molecule has 0 spiro atoms. The minimum atomic E-state index is 0.0647. The molecule has 1 aliphatic carbocycles. The van der Waals surface area contributed by atoms with Crippen LogP contribution in [-0.4, -0.2) is 31.2 Å². The third-order valence-electron chi connectivity index (χ3n) is 3.75. The molecular weight excluding hydrogens is 218 g/mol. The zero-order valence-corrected chi connectivity index (χ0v) is 9.67. The third-order valence-corrected chi connectivity index (χ3v) is 3.75. The molecule has 0 bridgehead atoms. The molecule has 6 nitrogen and oxygen atoms in total. The van der Waals surface area contributed by atoms with E-state index >= 15 is 0 Å². The molecule has 17 heavy (non-hydrogen) atoms. The second-order valence-corrected chi connectivity index (χ2v) is 5.04. The maximum atomic E-state index is 9.25. The summed E-state index contributed by atoms with van der Waals surface area (Å²) in [7, 11) is 0. The number of aromatic nitrogens is 4. The first-order valence-electron chi connectivity index (χ1n) is 5.66. The van der Waals surface area contributed by atoms with Gasteiger partial charge in [-0.05, 0) is 17.8 Å². The standard InChI is InChI=1S/C11H15N5O/c1-11(4-17)2-7(11)3-16-6-15-8-9(12)13-5-14-10(8)16/h5-7,17H,2-4H2,1H3,(H2,12,13,14)/t7-,11-/m0/s1. The lowest BCUT2D eigenvalue weighted by Gasteiger charge is -2.07. The quantitative estimate of drug-likeness (QED) is 0.802. The Bertz CT molecular complexity index is 566. The Balaban J connectivity index is 1.90. The highest BCUT2D eigenvalue weighted by Crippen LogP contribution is 2.52. The molecule has 1 fully saturated rings. The summed E-state index contributed by atoms with van der Waals surface area (Å²) < 4.78 is 1.99. The molecule has 3 N–H and O–H groups in total. The number of nitrogen functional groups attached to an aromatic ring is 1. The van der Waals surface area contributed by atoms with Crippen molar-refractivity contribution in [1.29, 1.82) is 0 Å². The fourth-order valence-corrected chi connectivity index (χ4v) is 2.25. The van der Waals surface area contributed by atoms with E-state index in [4.69, 9.17) is 5.73 Å². The van der Waals surface area contributed by atoms with Gasteiger partial charge in [0.1, 0.15) is 11.8 Å². The summed E-state index contributed by atoms with van der Waals surface area (Å²) in [5.74, 6) is 0.899. The molecule has 1 saturated carbocycles. The van der Waals surface area contributed by atoms with Gasteiger partial charge in [0, 0.05) is 13.2 Å². The highest BCUT2D eigenvalue weighted by Gasteiger charge is 2.49. The monoisotopic (exact) mass is 233 g/mol. The van der Waals surface area contributed by atoms with Crippen LogP contribution >= 0.6 is 0 Å². The first-order valence-corrected chi connectivity index (χ1v) is 5.66. The first-order chi connectivity index (χ1) is 8.14. The Kier molecular flexibility index (Phi) is 2.09. The summed E-state index contributed by atoms with van der Waals surface area (Å²) in [6.45, 7) is 3.16. The van der Waals surface area contributed by atoms with Gasteiger partial charge in [0.05, 0.1) is 6.33 Å². The lowest BCUT2D eigenvalue weighted by molar-refractivity contribution is 0.208. The molecule has 2 heterocycles. The van der Waals surface area contributed by atoms with Crippen LogP contribution in [0.3, 0.4) is 0 Å². The molecule has 2 aromatic rings. The predicted molar refractivity (Wildman–Crippen MR) is 63.0 cm³/mol. The maximum Gasteiger partial charge on any atom is 0.165 e. The average molecular weight is 233 g/mol. The Morgan fingerprint density at radius 3 is 3.06 bits per heavy atom. The lowest BCUT2D eigenvalue weighted by atomic mass is 10.1. The fraction of sp³-hybridized carbons (Fsp3) is 0.545. The summed E-state index contributed by atoms with van der Waals surface area (Å²) in [4.78, 5) is 12.3. The minimum absolute atomic E-state index is 0.0647. The normalized spacial score (nSPS) is 27.5. The van der Waals surface area contributed by atoms with Crippen molar-refractivity contribution < 1.29 is 5.11 Å². The Morgan fingerprint density at radius 1 is 1.53 bits per heavy atom. The second-order valence-electron chi connectivity index (χ2n) is 5.04. The molecule has 2 aromatic heterocycles. The van der Waals surface area contributed by atoms with Crippen molar-refractivity contribution in [2.45, 2.75) is 19.9 Å². The smallest absolute Gasteiger partial charge is 0.165 e. The summed E-state index contributed by atoms with van der Waals surface area (Å²) >= 11 is 0. The largest absolute Gasteiger partial charge is 0.396 e. The van der Waals surface area contributed by atoms with E-state index in [0.717, 1.165) is 18.6 Å². The van der Waals surface area contributed by atoms with Gasteiger partial charge in [0.2, 0.25) is 0 Å². The number of aliphatic hydroxyl groups is 1. The van der Waals surface area contributed by atoms with Gasteiger partial charge < -0.3 is 15.4 Å². The fourth-order valence-electron chi connectivity index (χ4n) is 2.25. The van der Waals surface area contributed by atoms with Crippen LogP contribution in [0.5, 0.6) is 0 Å². The van der Waals surface area contributed by atoms with Crippen LogP contribution in [0.2, 0.25) is 0 Å². The number of anilines is 1. The molecule has 0 amide bonds. The van der Waals surface area contributed by atoms with E-state index in [1.54, 1.807) is 6.33 Å². The molecule has 3 rings (SSSR count). The van der Waals surface area contributed by atoms with E-state index in [0.29, 0.717) is 17.3 Å². The number of aliphatic hydroxyl groups excluding tert-OH is 1. The molecule has 1 aliphatic rings. The van der Waals surface area contributed by atoms with Gasteiger partial charge in [-0.15, -0.1) is 0 Å². The third kappa shape index (κ3) is 1.56. The summed E-state index contributed by atoms with van der Waals surface area (Å²) in [6.07, 6.45) is 4.24. The SMILES string of the molecule is C[C@@]1(CO)C[C@H]1Cn1cnc2c(N)ncnc21. The topological polar surface area (TPSA) is 89.8 Å². The molecule has 0 aliphatic heterocycles. The van der Waals surface area contributed by atoms with Crippen LogP contribution in [0.25, 0.3) is 11.2 Å². The highest BCUT2D eigenvalue weighted by atomic mass is 16.3. The van der Waals surface area contributed by atoms with Crippen molar-refractivity contribution in [1.82, 2.24) is 19.5 Å². The van der Waals surface area contributed by atoms with Gasteiger partial charge in [-0.25, -0.2) is 15.0 Å². The lowest BCUT2D eigenvalue weighted by Crippen LogP contribution is -2.09. The van der Waals surface area contributed by atoms with Crippen LogP contribution < -0.4 is 5.73 Å². The summed E-state index contributed by atoms with van der Waals surface area (Å²) in [5.41, 5.74) is 7.21. The zero-order valence-electron chi connectivity index (χ0n) is 9.67.